The molecular weight excluding hydrogens is 214 g/mol. The van der Waals surface area contributed by atoms with Crippen molar-refractivity contribution in [3.05, 3.63) is 35.4 Å². The molecule has 1 saturated carbocycles. The number of benzene rings is 1. The molecule has 0 spiro atoms. The van der Waals surface area contributed by atoms with Gasteiger partial charge in [0.05, 0.1) is 13.1 Å². The molecule has 0 aromatic heterocycles. The molecule has 1 aliphatic carbocycles. The molecule has 0 unspecified atom stereocenters. The van der Waals surface area contributed by atoms with E-state index < -0.39 is 5.60 Å². The normalized spacial score (nSPS) is 22.1. The third-order valence-electron chi connectivity index (χ3n) is 3.93. The molecule has 3 nitrogen and oxygen atoms in total. The number of carbonyl (C=O) groups excluding carboxylic acids is 1. The number of carbonyl (C=O) groups is 1. The van der Waals surface area contributed by atoms with Gasteiger partial charge >= 0.3 is 0 Å². The molecule has 0 atom stereocenters. The Morgan fingerprint density at radius 1 is 1.35 bits per heavy atom. The highest BCUT2D eigenvalue weighted by molar-refractivity contribution is 5.96. The van der Waals surface area contributed by atoms with Crippen LogP contribution in [0.15, 0.2) is 24.3 Å². The number of nitrogens with zero attached hydrogens (tertiary/aromatic N) is 1. The van der Waals surface area contributed by atoms with Crippen molar-refractivity contribution in [1.29, 1.82) is 0 Å². The van der Waals surface area contributed by atoms with Crippen molar-refractivity contribution in [2.75, 3.05) is 13.1 Å². The van der Waals surface area contributed by atoms with Crippen LogP contribution in [0.5, 0.6) is 0 Å². The summed E-state index contributed by atoms with van der Waals surface area (Å²) in [5.74, 6) is 0.483. The van der Waals surface area contributed by atoms with Crippen molar-refractivity contribution in [1.82, 2.24) is 4.90 Å². The Morgan fingerprint density at radius 3 is 2.59 bits per heavy atom. The zero-order chi connectivity index (χ0) is 12.0. The monoisotopic (exact) mass is 231 g/mol. The van der Waals surface area contributed by atoms with Crippen LogP contribution in [0.4, 0.5) is 0 Å². The third-order valence-corrected chi connectivity index (χ3v) is 3.93. The Hall–Kier alpha value is -1.35. The maximum Gasteiger partial charge on any atom is 0.254 e. The van der Waals surface area contributed by atoms with Crippen LogP contribution in [0.2, 0.25) is 0 Å². The van der Waals surface area contributed by atoms with E-state index in [0.29, 0.717) is 19.0 Å². The lowest BCUT2D eigenvalue weighted by Gasteiger charge is -2.47. The topological polar surface area (TPSA) is 40.5 Å². The summed E-state index contributed by atoms with van der Waals surface area (Å²) < 4.78 is 0. The lowest BCUT2D eigenvalue weighted by molar-refractivity contribution is -0.0958. The van der Waals surface area contributed by atoms with Crippen molar-refractivity contribution < 1.29 is 9.90 Å². The van der Waals surface area contributed by atoms with Crippen LogP contribution in [-0.4, -0.2) is 34.6 Å². The minimum atomic E-state index is -0.585. The maximum atomic E-state index is 12.2. The van der Waals surface area contributed by atoms with Crippen LogP contribution in [0.3, 0.4) is 0 Å². The first-order chi connectivity index (χ1) is 8.10. The van der Waals surface area contributed by atoms with Gasteiger partial charge in [-0.15, -0.1) is 0 Å². The number of likely N-dealkylation sites (tertiary alicyclic amines) is 1. The number of β-amino-alcohol motifs (C(OH)–C–C–N with tert-alkyl or cyclic N) is 1. The van der Waals surface area contributed by atoms with Crippen molar-refractivity contribution >= 4 is 5.91 Å². The van der Waals surface area contributed by atoms with E-state index in [1.807, 2.05) is 31.2 Å². The van der Waals surface area contributed by atoms with Crippen molar-refractivity contribution in [3.8, 4) is 0 Å². The number of rotatable bonds is 2. The van der Waals surface area contributed by atoms with E-state index >= 15 is 0 Å². The van der Waals surface area contributed by atoms with E-state index in [1.165, 1.54) is 0 Å². The van der Waals surface area contributed by atoms with E-state index in [-0.39, 0.29) is 5.91 Å². The molecule has 1 aromatic carbocycles. The summed E-state index contributed by atoms with van der Waals surface area (Å²) in [6, 6.07) is 7.61. The first-order valence-electron chi connectivity index (χ1n) is 6.17. The van der Waals surface area contributed by atoms with E-state index in [9.17, 15) is 9.90 Å². The molecule has 17 heavy (non-hydrogen) atoms. The van der Waals surface area contributed by atoms with Gasteiger partial charge in [-0.2, -0.15) is 0 Å². The van der Waals surface area contributed by atoms with Gasteiger partial charge in [0.25, 0.3) is 5.91 Å². The molecule has 90 valence electrons. The summed E-state index contributed by atoms with van der Waals surface area (Å²) in [5.41, 5.74) is 1.17. The molecule has 1 aliphatic heterocycles. The molecule has 2 aliphatic rings. The number of hydrogen-bond acceptors (Lipinski definition) is 2. The number of aryl methyl sites for hydroxylation is 1. The Bertz CT molecular complexity index is 459. The van der Waals surface area contributed by atoms with Crippen LogP contribution in [0, 0.1) is 12.8 Å². The first-order valence-corrected chi connectivity index (χ1v) is 6.17. The Morgan fingerprint density at radius 2 is 2.00 bits per heavy atom. The SMILES string of the molecule is Cc1ccccc1C(=O)N1CC(O)(C2CC2)C1. The largest absolute Gasteiger partial charge is 0.386 e. The molecule has 0 bridgehead atoms. The molecular formula is C14H17NO2. The fraction of sp³-hybridized carbons (Fsp3) is 0.500. The fourth-order valence-corrected chi connectivity index (χ4v) is 2.62. The minimum Gasteiger partial charge on any atom is -0.386 e. The van der Waals surface area contributed by atoms with Crippen LogP contribution in [0.25, 0.3) is 0 Å². The average Bonchev–Trinajstić information content (AvgIpc) is 3.08. The van der Waals surface area contributed by atoms with Gasteiger partial charge in [0.2, 0.25) is 0 Å². The van der Waals surface area contributed by atoms with E-state index in [2.05, 4.69) is 0 Å². The van der Waals surface area contributed by atoms with E-state index in [0.717, 1.165) is 24.0 Å². The zero-order valence-electron chi connectivity index (χ0n) is 10.0. The molecule has 3 heteroatoms. The van der Waals surface area contributed by atoms with Gasteiger partial charge in [0, 0.05) is 5.56 Å². The molecule has 1 saturated heterocycles. The standard InChI is InChI=1S/C14H17NO2/c1-10-4-2-3-5-12(10)13(16)15-8-14(17,9-15)11-6-7-11/h2-5,11,17H,6-9H2,1H3. The van der Waals surface area contributed by atoms with E-state index in [4.69, 9.17) is 0 Å². The molecule has 0 radical (unpaired) electrons. The third kappa shape index (κ3) is 1.75. The molecule has 1 amide bonds. The van der Waals surface area contributed by atoms with Gasteiger partial charge in [-0.3, -0.25) is 4.79 Å². The second kappa shape index (κ2) is 3.57. The molecule has 1 N–H and O–H groups in total. The van der Waals surface area contributed by atoms with Crippen LogP contribution >= 0.6 is 0 Å². The predicted octanol–water partition coefficient (Wildman–Crippen LogP) is 1.59. The molecule has 3 rings (SSSR count). The summed E-state index contributed by atoms with van der Waals surface area (Å²) in [4.78, 5) is 13.9. The summed E-state index contributed by atoms with van der Waals surface area (Å²) in [5, 5.41) is 10.2. The predicted molar refractivity (Wildman–Crippen MR) is 64.8 cm³/mol. The highest BCUT2D eigenvalue weighted by Crippen LogP contribution is 2.44. The van der Waals surface area contributed by atoms with Crippen LogP contribution in [-0.2, 0) is 0 Å². The minimum absolute atomic E-state index is 0.0495. The highest BCUT2D eigenvalue weighted by Gasteiger charge is 2.53. The maximum absolute atomic E-state index is 12.2. The Balaban J connectivity index is 1.71. The molecule has 2 fully saturated rings. The van der Waals surface area contributed by atoms with Crippen LogP contribution < -0.4 is 0 Å². The first kappa shape index (κ1) is 10.8. The van der Waals surface area contributed by atoms with Gasteiger partial charge in [-0.25, -0.2) is 0 Å². The van der Waals surface area contributed by atoms with Gasteiger partial charge < -0.3 is 10.0 Å². The fourth-order valence-electron chi connectivity index (χ4n) is 2.62. The number of aliphatic hydroxyl groups is 1. The quantitative estimate of drug-likeness (QED) is 0.839. The van der Waals surface area contributed by atoms with Gasteiger partial charge in [0.1, 0.15) is 5.60 Å². The lowest BCUT2D eigenvalue weighted by Crippen LogP contribution is -2.64. The summed E-state index contributed by atoms with van der Waals surface area (Å²) in [6.45, 7) is 2.95. The number of hydrogen-bond donors (Lipinski definition) is 1. The molecule has 1 aromatic rings. The van der Waals surface area contributed by atoms with Crippen LogP contribution in [0.1, 0.15) is 28.8 Å². The van der Waals surface area contributed by atoms with Gasteiger partial charge in [-0.1, -0.05) is 18.2 Å². The van der Waals surface area contributed by atoms with Gasteiger partial charge in [-0.05, 0) is 37.3 Å². The van der Waals surface area contributed by atoms with Gasteiger partial charge in [0.15, 0.2) is 0 Å². The zero-order valence-corrected chi connectivity index (χ0v) is 10.0. The second-order valence-corrected chi connectivity index (χ2v) is 5.35. The average molecular weight is 231 g/mol. The number of amides is 1. The van der Waals surface area contributed by atoms with Crippen molar-refractivity contribution in [2.24, 2.45) is 5.92 Å². The van der Waals surface area contributed by atoms with Crippen molar-refractivity contribution in [2.45, 2.75) is 25.4 Å². The Kier molecular flexibility index (Phi) is 2.26. The Labute approximate surface area is 101 Å². The smallest absolute Gasteiger partial charge is 0.254 e. The summed E-state index contributed by atoms with van der Waals surface area (Å²) in [7, 11) is 0. The summed E-state index contributed by atoms with van der Waals surface area (Å²) >= 11 is 0. The summed E-state index contributed by atoms with van der Waals surface area (Å²) in [6.07, 6.45) is 2.23. The lowest BCUT2D eigenvalue weighted by atomic mass is 9.88. The van der Waals surface area contributed by atoms with E-state index in [1.54, 1.807) is 4.90 Å². The highest BCUT2D eigenvalue weighted by atomic mass is 16.3. The van der Waals surface area contributed by atoms with Crippen molar-refractivity contribution in [3.63, 3.8) is 0 Å². The second-order valence-electron chi connectivity index (χ2n) is 5.35. The molecule has 1 heterocycles.